The van der Waals surface area contributed by atoms with E-state index >= 15 is 0 Å². The van der Waals surface area contributed by atoms with Gasteiger partial charge in [0.05, 0.1) is 11.5 Å². The molecule has 0 aromatic heterocycles. The molecule has 0 radical (unpaired) electrons. The first-order valence-corrected chi connectivity index (χ1v) is 10.0. The van der Waals surface area contributed by atoms with Gasteiger partial charge in [-0.1, -0.05) is 35.9 Å². The van der Waals surface area contributed by atoms with Crippen LogP contribution in [-0.2, 0) is 20.9 Å². The first kappa shape index (κ1) is 21.0. The normalized spacial score (nSPS) is 15.1. The summed E-state index contributed by atoms with van der Waals surface area (Å²) in [7, 11) is 0. The molecule has 0 unspecified atom stereocenters. The van der Waals surface area contributed by atoms with Gasteiger partial charge in [0.2, 0.25) is 0 Å². The first-order chi connectivity index (χ1) is 14.0. The highest BCUT2D eigenvalue weighted by Gasteiger charge is 2.36. The summed E-state index contributed by atoms with van der Waals surface area (Å²) < 4.78 is 10.5. The molecule has 6 nitrogen and oxygen atoms in total. The number of esters is 1. The van der Waals surface area contributed by atoms with Crippen LogP contribution in [-0.4, -0.2) is 35.2 Å². The van der Waals surface area contributed by atoms with Crippen molar-refractivity contribution < 1.29 is 23.9 Å². The van der Waals surface area contributed by atoms with Crippen LogP contribution in [0.25, 0.3) is 6.08 Å². The molecule has 0 atom stereocenters. The predicted molar refractivity (Wildman–Crippen MR) is 112 cm³/mol. The van der Waals surface area contributed by atoms with E-state index < -0.39 is 17.1 Å². The molecule has 0 spiro atoms. The summed E-state index contributed by atoms with van der Waals surface area (Å²) in [5.74, 6) is -0.455. The van der Waals surface area contributed by atoms with Crippen LogP contribution in [0.15, 0.2) is 53.4 Å². The van der Waals surface area contributed by atoms with Gasteiger partial charge in [-0.25, -0.2) is 0 Å². The van der Waals surface area contributed by atoms with E-state index in [-0.39, 0.29) is 18.1 Å². The molecule has 2 aromatic rings. The fourth-order valence-electron chi connectivity index (χ4n) is 2.58. The summed E-state index contributed by atoms with van der Waals surface area (Å²) in [6.45, 7) is 1.85. The maximum atomic E-state index is 12.4. The highest BCUT2D eigenvalue weighted by molar-refractivity contribution is 8.18. The van der Waals surface area contributed by atoms with Crippen LogP contribution >= 0.6 is 23.4 Å². The average molecular weight is 432 g/mol. The second kappa shape index (κ2) is 9.62. The average Bonchev–Trinajstić information content (AvgIpc) is 2.95. The third-order valence-electron chi connectivity index (χ3n) is 3.94. The van der Waals surface area contributed by atoms with Gasteiger partial charge in [-0.2, -0.15) is 0 Å². The Morgan fingerprint density at radius 2 is 1.93 bits per heavy atom. The second-order valence-electron chi connectivity index (χ2n) is 6.06. The Bertz CT molecular complexity index is 958. The van der Waals surface area contributed by atoms with Crippen LogP contribution in [0.5, 0.6) is 5.75 Å². The maximum Gasteiger partial charge on any atom is 0.326 e. The quantitative estimate of drug-likeness (QED) is 0.474. The lowest BCUT2D eigenvalue weighted by Gasteiger charge is -2.10. The van der Waals surface area contributed by atoms with Crippen molar-refractivity contribution in [2.24, 2.45) is 0 Å². The van der Waals surface area contributed by atoms with Crippen LogP contribution in [0.4, 0.5) is 4.79 Å². The molecular weight excluding hydrogens is 414 g/mol. The molecule has 2 amide bonds. The van der Waals surface area contributed by atoms with Gasteiger partial charge < -0.3 is 9.47 Å². The zero-order valence-corrected chi connectivity index (χ0v) is 17.2. The molecular formula is C21H18ClNO5S. The molecule has 0 saturated carbocycles. The van der Waals surface area contributed by atoms with Crippen LogP contribution in [0.2, 0.25) is 5.02 Å². The van der Waals surface area contributed by atoms with Gasteiger partial charge in [-0.3, -0.25) is 19.3 Å². The summed E-state index contributed by atoms with van der Waals surface area (Å²) in [6, 6.07) is 14.5. The van der Waals surface area contributed by atoms with Crippen molar-refractivity contribution >= 4 is 46.6 Å². The number of amides is 2. The third-order valence-corrected chi connectivity index (χ3v) is 5.08. The molecule has 1 aliphatic rings. The van der Waals surface area contributed by atoms with E-state index in [9.17, 15) is 14.4 Å². The number of carbonyl (C=O) groups excluding carboxylic acids is 3. The number of nitrogens with zero attached hydrogens (tertiary/aromatic N) is 1. The van der Waals surface area contributed by atoms with Gasteiger partial charge in [0.1, 0.15) is 18.9 Å². The van der Waals surface area contributed by atoms with Crippen molar-refractivity contribution in [2.75, 3.05) is 13.2 Å². The third kappa shape index (κ3) is 5.62. The largest absolute Gasteiger partial charge is 0.489 e. The minimum Gasteiger partial charge on any atom is -0.489 e. The fourth-order valence-corrected chi connectivity index (χ4v) is 3.63. The van der Waals surface area contributed by atoms with Gasteiger partial charge >= 0.3 is 5.97 Å². The Labute approximate surface area is 177 Å². The highest BCUT2D eigenvalue weighted by Crippen LogP contribution is 2.32. The molecule has 2 aromatic carbocycles. The van der Waals surface area contributed by atoms with Crippen molar-refractivity contribution in [1.82, 2.24) is 4.90 Å². The van der Waals surface area contributed by atoms with Gasteiger partial charge in [0, 0.05) is 5.02 Å². The maximum absolute atomic E-state index is 12.4. The molecule has 1 fully saturated rings. The topological polar surface area (TPSA) is 72.9 Å². The molecule has 8 heteroatoms. The standard InChI is InChI=1S/C21H18ClNO5S/c1-2-27-19(24)12-23-20(25)18(29-21(23)26)11-14-6-8-17(9-7-14)28-13-15-4-3-5-16(22)10-15/h3-11H,2,12-13H2,1H3/b18-11-. The number of carbonyl (C=O) groups is 3. The minimum atomic E-state index is -0.614. The second-order valence-corrected chi connectivity index (χ2v) is 7.49. The number of halogens is 1. The minimum absolute atomic E-state index is 0.191. The molecule has 0 N–H and O–H groups in total. The Balaban J connectivity index is 1.62. The number of rotatable bonds is 7. The smallest absolute Gasteiger partial charge is 0.326 e. The summed E-state index contributed by atoms with van der Waals surface area (Å²) in [5.41, 5.74) is 1.69. The van der Waals surface area contributed by atoms with E-state index in [0.717, 1.165) is 27.8 Å². The van der Waals surface area contributed by atoms with Crippen LogP contribution < -0.4 is 4.74 Å². The van der Waals surface area contributed by atoms with E-state index in [1.54, 1.807) is 43.3 Å². The van der Waals surface area contributed by atoms with E-state index in [1.807, 2.05) is 18.2 Å². The van der Waals surface area contributed by atoms with Crippen LogP contribution in [0.3, 0.4) is 0 Å². The number of imide groups is 1. The SMILES string of the molecule is CCOC(=O)CN1C(=O)S/C(=C\c2ccc(OCc3cccc(Cl)c3)cc2)C1=O. The Morgan fingerprint density at radius 3 is 2.62 bits per heavy atom. The Morgan fingerprint density at radius 1 is 1.17 bits per heavy atom. The highest BCUT2D eigenvalue weighted by atomic mass is 35.5. The lowest BCUT2D eigenvalue weighted by molar-refractivity contribution is -0.145. The van der Waals surface area contributed by atoms with Crippen molar-refractivity contribution in [1.29, 1.82) is 0 Å². The van der Waals surface area contributed by atoms with Crippen molar-refractivity contribution in [3.05, 3.63) is 69.6 Å². The molecule has 29 heavy (non-hydrogen) atoms. The number of benzene rings is 2. The van der Waals surface area contributed by atoms with Crippen molar-refractivity contribution in [3.8, 4) is 5.75 Å². The number of hydrogen-bond donors (Lipinski definition) is 0. The summed E-state index contributed by atoms with van der Waals surface area (Å²) >= 11 is 6.76. The molecule has 1 aliphatic heterocycles. The molecule has 3 rings (SSSR count). The van der Waals surface area contributed by atoms with Crippen LogP contribution in [0.1, 0.15) is 18.1 Å². The fraction of sp³-hybridized carbons (Fsp3) is 0.190. The summed E-state index contributed by atoms with van der Waals surface area (Å²) in [6.07, 6.45) is 1.61. The number of thioether (sulfide) groups is 1. The lowest BCUT2D eigenvalue weighted by Crippen LogP contribution is -2.34. The van der Waals surface area contributed by atoms with Crippen molar-refractivity contribution in [3.63, 3.8) is 0 Å². The Kier molecular flexibility index (Phi) is 6.95. The van der Waals surface area contributed by atoms with Gasteiger partial charge in [-0.05, 0) is 60.2 Å². The molecule has 1 saturated heterocycles. The zero-order chi connectivity index (χ0) is 20.8. The molecule has 0 bridgehead atoms. The summed E-state index contributed by atoms with van der Waals surface area (Å²) in [5, 5.41) is 0.161. The predicted octanol–water partition coefficient (Wildman–Crippen LogP) is 4.52. The van der Waals surface area contributed by atoms with E-state index in [0.29, 0.717) is 17.4 Å². The van der Waals surface area contributed by atoms with E-state index in [4.69, 9.17) is 21.1 Å². The van der Waals surface area contributed by atoms with Gasteiger partial charge in [0.25, 0.3) is 11.1 Å². The monoisotopic (exact) mass is 431 g/mol. The van der Waals surface area contributed by atoms with Crippen LogP contribution in [0, 0.1) is 0 Å². The number of ether oxygens (including phenoxy) is 2. The van der Waals surface area contributed by atoms with Gasteiger partial charge in [-0.15, -0.1) is 0 Å². The summed E-state index contributed by atoms with van der Waals surface area (Å²) in [4.78, 5) is 37.1. The Hall–Kier alpha value is -2.77. The molecule has 1 heterocycles. The zero-order valence-electron chi connectivity index (χ0n) is 15.6. The molecule has 150 valence electrons. The van der Waals surface area contributed by atoms with E-state index in [2.05, 4.69) is 0 Å². The van der Waals surface area contributed by atoms with Gasteiger partial charge in [0.15, 0.2) is 0 Å². The molecule has 0 aliphatic carbocycles. The van der Waals surface area contributed by atoms with E-state index in [1.165, 1.54) is 0 Å². The van der Waals surface area contributed by atoms with Crippen molar-refractivity contribution in [2.45, 2.75) is 13.5 Å². The first-order valence-electron chi connectivity index (χ1n) is 8.84. The lowest BCUT2D eigenvalue weighted by atomic mass is 10.2. The number of hydrogen-bond acceptors (Lipinski definition) is 6.